The molecule has 0 bridgehead atoms. The lowest BCUT2D eigenvalue weighted by atomic mass is 10.00. The molecular formula is C23H30O6. The number of carbonyl (C=O) groups is 1. The number of aryl methyl sites for hydroxylation is 4. The smallest absolute Gasteiger partial charge is 0.373 e. The van der Waals surface area contributed by atoms with Crippen LogP contribution in [0, 0.1) is 34.6 Å². The lowest BCUT2D eigenvalue weighted by molar-refractivity contribution is -0.191. The molecule has 0 aliphatic heterocycles. The third kappa shape index (κ3) is 8.73. The molecule has 29 heavy (non-hydrogen) atoms. The van der Waals surface area contributed by atoms with Gasteiger partial charge in [0.15, 0.2) is 6.79 Å². The van der Waals surface area contributed by atoms with Crippen LogP contribution < -0.4 is 4.74 Å². The zero-order valence-corrected chi connectivity index (χ0v) is 18.2. The number of phenols is 1. The standard InChI is InChI=1S/C11H16O2.C11H14O2.CO2/c1-8-5-6-9(2)11(10(8)3)13-7-12-4;1-7-4-5-8(2)11(13)10(7)6-9(3)12;2-1-3/h5-6H,7H2,1-4H3;4-5,13H,6H2,1-3H3;. The van der Waals surface area contributed by atoms with E-state index in [0.717, 1.165) is 28.0 Å². The summed E-state index contributed by atoms with van der Waals surface area (Å²) in [5.74, 6) is 1.28. The van der Waals surface area contributed by atoms with Crippen molar-refractivity contribution in [3.05, 3.63) is 57.6 Å². The molecule has 0 atom stereocenters. The second kappa shape index (κ2) is 13.3. The van der Waals surface area contributed by atoms with E-state index in [0.29, 0.717) is 13.2 Å². The number of hydrogen-bond donors (Lipinski definition) is 1. The molecular weight excluding hydrogens is 372 g/mol. The van der Waals surface area contributed by atoms with Crippen molar-refractivity contribution in [1.29, 1.82) is 0 Å². The Morgan fingerprint density at radius 2 is 1.41 bits per heavy atom. The summed E-state index contributed by atoms with van der Waals surface area (Å²) in [7, 11) is 1.63. The highest BCUT2D eigenvalue weighted by molar-refractivity contribution is 5.79. The number of carbonyl (C=O) groups excluding carboxylic acids is 3. The molecule has 0 saturated heterocycles. The number of hydrogen-bond acceptors (Lipinski definition) is 6. The molecule has 2 aromatic carbocycles. The van der Waals surface area contributed by atoms with E-state index in [2.05, 4.69) is 26.0 Å². The van der Waals surface area contributed by atoms with Crippen molar-refractivity contribution in [3.63, 3.8) is 0 Å². The van der Waals surface area contributed by atoms with Gasteiger partial charge in [0.2, 0.25) is 0 Å². The zero-order chi connectivity index (χ0) is 22.6. The summed E-state index contributed by atoms with van der Waals surface area (Å²) >= 11 is 0. The largest absolute Gasteiger partial charge is 0.507 e. The molecule has 6 nitrogen and oxygen atoms in total. The third-order valence-electron chi connectivity index (χ3n) is 4.34. The summed E-state index contributed by atoms with van der Waals surface area (Å²) in [5, 5.41) is 9.68. The Morgan fingerprint density at radius 1 is 0.931 bits per heavy atom. The maximum Gasteiger partial charge on any atom is 0.373 e. The fourth-order valence-corrected chi connectivity index (χ4v) is 2.59. The number of ketones is 1. The summed E-state index contributed by atoms with van der Waals surface area (Å²) in [4.78, 5) is 27.2. The molecule has 0 saturated carbocycles. The van der Waals surface area contributed by atoms with Crippen molar-refractivity contribution in [3.8, 4) is 11.5 Å². The van der Waals surface area contributed by atoms with Gasteiger partial charge in [0, 0.05) is 19.1 Å². The molecule has 6 heteroatoms. The SMILES string of the molecule is CC(=O)Cc1c(C)ccc(C)c1O.COCOc1c(C)ccc(C)c1C.O=C=O. The summed E-state index contributed by atoms with van der Waals surface area (Å²) in [6, 6.07) is 7.94. The minimum Gasteiger partial charge on any atom is -0.507 e. The van der Waals surface area contributed by atoms with Crippen LogP contribution in [-0.2, 0) is 25.5 Å². The molecule has 158 valence electrons. The summed E-state index contributed by atoms with van der Waals surface area (Å²) in [6.07, 6.45) is 0.569. The van der Waals surface area contributed by atoms with Crippen LogP contribution in [0.25, 0.3) is 0 Å². The highest BCUT2D eigenvalue weighted by Gasteiger charge is 2.09. The van der Waals surface area contributed by atoms with E-state index in [-0.39, 0.29) is 17.7 Å². The summed E-state index contributed by atoms with van der Waals surface area (Å²) in [5.41, 5.74) is 6.14. The quantitative estimate of drug-likeness (QED) is 0.756. The van der Waals surface area contributed by atoms with Gasteiger partial charge in [-0.15, -0.1) is 0 Å². The normalized spacial score (nSPS) is 9.34. The van der Waals surface area contributed by atoms with Gasteiger partial charge in [-0.2, -0.15) is 9.59 Å². The van der Waals surface area contributed by atoms with E-state index in [1.165, 1.54) is 18.1 Å². The van der Waals surface area contributed by atoms with Crippen molar-refractivity contribution in [2.24, 2.45) is 0 Å². The topological polar surface area (TPSA) is 89.9 Å². The van der Waals surface area contributed by atoms with E-state index in [1.54, 1.807) is 7.11 Å². The lowest BCUT2D eigenvalue weighted by Crippen LogP contribution is -2.02. The average molecular weight is 402 g/mol. The van der Waals surface area contributed by atoms with Crippen molar-refractivity contribution < 1.29 is 29.0 Å². The Bertz CT molecular complexity index is 849. The van der Waals surface area contributed by atoms with Gasteiger partial charge in [-0.25, -0.2) is 0 Å². The fraction of sp³-hybridized carbons (Fsp3) is 0.391. The number of methoxy groups -OCH3 is 1. The van der Waals surface area contributed by atoms with Gasteiger partial charge in [-0.05, 0) is 69.4 Å². The maximum atomic E-state index is 10.9. The minimum absolute atomic E-state index is 0.0731. The highest BCUT2D eigenvalue weighted by atomic mass is 16.7. The molecule has 0 aliphatic carbocycles. The average Bonchev–Trinajstić information content (AvgIpc) is 2.66. The molecule has 0 unspecified atom stereocenters. The highest BCUT2D eigenvalue weighted by Crippen LogP contribution is 2.26. The summed E-state index contributed by atoms with van der Waals surface area (Å²) < 4.78 is 10.3. The first-order valence-electron chi connectivity index (χ1n) is 9.05. The van der Waals surface area contributed by atoms with Gasteiger partial charge in [0.1, 0.15) is 17.3 Å². The van der Waals surface area contributed by atoms with Crippen molar-refractivity contribution in [1.82, 2.24) is 0 Å². The van der Waals surface area contributed by atoms with E-state index < -0.39 is 0 Å². The maximum absolute atomic E-state index is 10.9. The van der Waals surface area contributed by atoms with Crippen LogP contribution in [0.15, 0.2) is 24.3 Å². The first-order chi connectivity index (χ1) is 13.6. The number of phenolic OH excluding ortho intramolecular Hbond substituents is 1. The Balaban J connectivity index is 0.000000477. The van der Waals surface area contributed by atoms with Gasteiger partial charge in [-0.1, -0.05) is 24.3 Å². The number of ether oxygens (including phenoxy) is 2. The molecule has 2 aromatic rings. The van der Waals surface area contributed by atoms with Crippen molar-refractivity contribution >= 4 is 11.9 Å². The van der Waals surface area contributed by atoms with Crippen LogP contribution in [-0.4, -0.2) is 30.9 Å². The van der Waals surface area contributed by atoms with E-state index in [1.807, 2.05) is 32.9 Å². The van der Waals surface area contributed by atoms with Gasteiger partial charge in [0.25, 0.3) is 0 Å². The Hall–Kier alpha value is -2.95. The van der Waals surface area contributed by atoms with Crippen molar-refractivity contribution in [2.45, 2.75) is 48.0 Å². The second-order valence-electron chi connectivity index (χ2n) is 6.69. The van der Waals surface area contributed by atoms with Crippen molar-refractivity contribution in [2.75, 3.05) is 13.9 Å². The van der Waals surface area contributed by atoms with E-state index in [9.17, 15) is 9.90 Å². The minimum atomic E-state index is 0.0731. The van der Waals surface area contributed by atoms with Crippen LogP contribution in [0.3, 0.4) is 0 Å². The number of rotatable bonds is 5. The number of Topliss-reactive ketones (excluding diaryl/α,β-unsaturated/α-hetero) is 1. The first-order valence-corrected chi connectivity index (χ1v) is 9.05. The van der Waals surface area contributed by atoms with Crippen LogP contribution >= 0.6 is 0 Å². The molecule has 0 fully saturated rings. The van der Waals surface area contributed by atoms with Gasteiger partial charge in [-0.3, -0.25) is 4.79 Å². The van der Waals surface area contributed by atoms with Gasteiger partial charge < -0.3 is 14.6 Å². The summed E-state index contributed by atoms with van der Waals surface area (Å²) in [6.45, 7) is 11.8. The molecule has 0 radical (unpaired) electrons. The third-order valence-corrected chi connectivity index (χ3v) is 4.34. The molecule has 0 amide bonds. The monoisotopic (exact) mass is 402 g/mol. The Morgan fingerprint density at radius 3 is 1.93 bits per heavy atom. The molecule has 2 rings (SSSR count). The zero-order valence-electron chi connectivity index (χ0n) is 18.2. The molecule has 0 spiro atoms. The second-order valence-corrected chi connectivity index (χ2v) is 6.69. The van der Waals surface area contributed by atoms with Gasteiger partial charge >= 0.3 is 6.15 Å². The van der Waals surface area contributed by atoms with E-state index >= 15 is 0 Å². The number of benzene rings is 2. The molecule has 0 aliphatic rings. The first kappa shape index (κ1) is 26.1. The molecule has 0 aromatic heterocycles. The van der Waals surface area contributed by atoms with Crippen LogP contribution in [0.1, 0.15) is 40.3 Å². The van der Waals surface area contributed by atoms with Crippen LogP contribution in [0.5, 0.6) is 11.5 Å². The molecule has 1 N–H and O–H groups in total. The molecule has 0 heterocycles. The predicted octanol–water partition coefficient (Wildman–Crippen LogP) is 4.15. The van der Waals surface area contributed by atoms with E-state index in [4.69, 9.17) is 19.1 Å². The fourth-order valence-electron chi connectivity index (χ4n) is 2.59. The van der Waals surface area contributed by atoms with Crippen LogP contribution in [0.2, 0.25) is 0 Å². The number of aromatic hydroxyl groups is 1. The predicted molar refractivity (Wildman–Crippen MR) is 110 cm³/mol. The Labute approximate surface area is 172 Å². The lowest BCUT2D eigenvalue weighted by Gasteiger charge is -2.12. The Kier molecular flexibility index (Phi) is 11.9. The van der Waals surface area contributed by atoms with Gasteiger partial charge in [0.05, 0.1) is 0 Å². The van der Waals surface area contributed by atoms with Crippen LogP contribution in [0.4, 0.5) is 0 Å².